The maximum absolute atomic E-state index is 2.39. The molecule has 0 aliphatic carbocycles. The predicted molar refractivity (Wildman–Crippen MR) is 125 cm³/mol. The van der Waals surface area contributed by atoms with E-state index in [0.29, 0.717) is 0 Å². The SMILES string of the molecule is Cc1n(-c2cccc3c4ccccc4n(C)c23)c2ccccc2[n+]1-c1cccc[n+]1C. The van der Waals surface area contributed by atoms with Crippen LogP contribution >= 0.6 is 0 Å². The number of hydrogen-bond acceptors (Lipinski definition) is 0. The second kappa shape index (κ2) is 6.54. The van der Waals surface area contributed by atoms with Crippen molar-refractivity contribution in [2.45, 2.75) is 6.92 Å². The summed E-state index contributed by atoms with van der Waals surface area (Å²) in [6.45, 7) is 2.20. The summed E-state index contributed by atoms with van der Waals surface area (Å²) in [5, 5.41) is 2.57. The third kappa shape index (κ3) is 2.42. The number of benzene rings is 3. The molecular weight excluding hydrogens is 380 g/mol. The summed E-state index contributed by atoms with van der Waals surface area (Å²) in [5.41, 5.74) is 6.08. The average molecular weight is 405 g/mol. The second-order valence-corrected chi connectivity index (χ2v) is 8.13. The molecule has 31 heavy (non-hydrogen) atoms. The number of aromatic nitrogens is 4. The molecule has 4 heteroatoms. The number of rotatable bonds is 2. The van der Waals surface area contributed by atoms with Crippen LogP contribution in [0.4, 0.5) is 0 Å². The van der Waals surface area contributed by atoms with Crippen LogP contribution in [0.15, 0.2) is 91.1 Å². The fourth-order valence-corrected chi connectivity index (χ4v) is 5.03. The maximum atomic E-state index is 2.39. The number of imidazole rings is 1. The van der Waals surface area contributed by atoms with Gasteiger partial charge >= 0.3 is 11.6 Å². The van der Waals surface area contributed by atoms with Crippen molar-refractivity contribution in [2.75, 3.05) is 0 Å². The molecule has 0 radical (unpaired) electrons. The molecule has 150 valence electrons. The molecule has 0 unspecified atom stereocenters. The summed E-state index contributed by atoms with van der Waals surface area (Å²) >= 11 is 0. The fourth-order valence-electron chi connectivity index (χ4n) is 5.03. The Morgan fingerprint density at radius 2 is 1.42 bits per heavy atom. The maximum Gasteiger partial charge on any atom is 0.345 e. The highest BCUT2D eigenvalue weighted by atomic mass is 15.2. The lowest BCUT2D eigenvalue weighted by molar-refractivity contribution is -0.771. The molecule has 3 aromatic heterocycles. The topological polar surface area (TPSA) is 17.6 Å². The second-order valence-electron chi connectivity index (χ2n) is 8.13. The predicted octanol–water partition coefficient (Wildman–Crippen LogP) is 4.69. The van der Waals surface area contributed by atoms with Gasteiger partial charge in [-0.15, -0.1) is 4.57 Å². The van der Waals surface area contributed by atoms with E-state index in [-0.39, 0.29) is 0 Å². The van der Waals surface area contributed by atoms with Crippen LogP contribution in [0.2, 0.25) is 0 Å². The molecule has 0 aliphatic heterocycles. The van der Waals surface area contributed by atoms with Crippen LogP contribution in [0.5, 0.6) is 0 Å². The quantitative estimate of drug-likeness (QED) is 0.373. The monoisotopic (exact) mass is 404 g/mol. The lowest BCUT2D eigenvalue weighted by atomic mass is 10.1. The number of hydrogen-bond donors (Lipinski definition) is 0. The number of nitrogens with zero attached hydrogens (tertiary/aromatic N) is 4. The normalized spacial score (nSPS) is 11.7. The average Bonchev–Trinajstić information content (AvgIpc) is 3.26. The Balaban J connectivity index is 1.78. The number of aryl methyl sites for hydroxylation is 2. The van der Waals surface area contributed by atoms with Gasteiger partial charge in [0.15, 0.2) is 5.69 Å². The molecule has 0 spiro atoms. The van der Waals surface area contributed by atoms with Crippen molar-refractivity contribution in [2.24, 2.45) is 14.1 Å². The highest BCUT2D eigenvalue weighted by Gasteiger charge is 2.32. The van der Waals surface area contributed by atoms with Crippen molar-refractivity contribution < 1.29 is 9.13 Å². The van der Waals surface area contributed by atoms with Crippen molar-refractivity contribution in [3.05, 3.63) is 97.0 Å². The Morgan fingerprint density at radius 1 is 0.710 bits per heavy atom. The highest BCUT2D eigenvalue weighted by Crippen LogP contribution is 2.33. The zero-order valence-corrected chi connectivity index (χ0v) is 17.9. The summed E-state index contributed by atoms with van der Waals surface area (Å²) in [6.07, 6.45) is 2.10. The summed E-state index contributed by atoms with van der Waals surface area (Å²) < 4.78 is 9.22. The van der Waals surface area contributed by atoms with E-state index in [0.717, 1.165) is 5.82 Å². The molecule has 4 nitrogen and oxygen atoms in total. The van der Waals surface area contributed by atoms with Gasteiger partial charge in [0.2, 0.25) is 11.0 Å². The van der Waals surface area contributed by atoms with Gasteiger partial charge in [0, 0.05) is 29.4 Å². The van der Waals surface area contributed by atoms with Crippen LogP contribution in [0, 0.1) is 6.92 Å². The standard InChI is InChI=1S/C27H24N4/c1-19-30(23-14-6-7-15-24(23)31(19)26-17-8-9-18-28(26)2)25-16-10-12-21-20-11-4-5-13-22(20)29(3)27(21)25/h4-18H,1-3H3/q+2. The minimum Gasteiger partial charge on any atom is -0.340 e. The Bertz CT molecular complexity index is 1620. The summed E-state index contributed by atoms with van der Waals surface area (Å²) in [6, 6.07) is 30.3. The van der Waals surface area contributed by atoms with Crippen LogP contribution in [-0.4, -0.2) is 9.13 Å². The van der Waals surface area contributed by atoms with Crippen molar-refractivity contribution in [3.63, 3.8) is 0 Å². The van der Waals surface area contributed by atoms with E-state index in [1.807, 2.05) is 0 Å². The molecule has 3 heterocycles. The first kappa shape index (κ1) is 17.9. The van der Waals surface area contributed by atoms with Gasteiger partial charge in [-0.1, -0.05) is 42.5 Å². The van der Waals surface area contributed by atoms with Crippen LogP contribution < -0.4 is 9.13 Å². The Labute approximate surface area is 180 Å². The van der Waals surface area contributed by atoms with E-state index in [1.165, 1.54) is 44.4 Å². The number of pyridine rings is 1. The van der Waals surface area contributed by atoms with Gasteiger partial charge in [-0.25, -0.2) is 4.57 Å². The van der Waals surface area contributed by atoms with E-state index >= 15 is 0 Å². The molecule has 0 saturated heterocycles. The van der Waals surface area contributed by atoms with Crippen LogP contribution in [0.25, 0.3) is 44.3 Å². The van der Waals surface area contributed by atoms with Crippen molar-refractivity contribution in [1.82, 2.24) is 9.13 Å². The van der Waals surface area contributed by atoms with Crippen LogP contribution in [-0.2, 0) is 14.1 Å². The van der Waals surface area contributed by atoms with E-state index in [2.05, 4.69) is 130 Å². The first-order chi connectivity index (χ1) is 15.2. The van der Waals surface area contributed by atoms with Crippen molar-refractivity contribution in [1.29, 1.82) is 0 Å². The minimum absolute atomic E-state index is 1.14. The van der Waals surface area contributed by atoms with Gasteiger partial charge in [-0.3, -0.25) is 0 Å². The van der Waals surface area contributed by atoms with E-state index in [4.69, 9.17) is 0 Å². The number of fused-ring (bicyclic) bond motifs is 4. The summed E-state index contributed by atoms with van der Waals surface area (Å²) in [7, 11) is 4.26. The fraction of sp³-hybridized carbons (Fsp3) is 0.111. The van der Waals surface area contributed by atoms with E-state index in [9.17, 15) is 0 Å². The van der Waals surface area contributed by atoms with E-state index in [1.54, 1.807) is 0 Å². The van der Waals surface area contributed by atoms with Gasteiger partial charge in [0.25, 0.3) is 0 Å². The van der Waals surface area contributed by atoms with Crippen LogP contribution in [0.3, 0.4) is 0 Å². The van der Waals surface area contributed by atoms with Gasteiger partial charge in [-0.2, -0.15) is 4.57 Å². The van der Waals surface area contributed by atoms with Gasteiger partial charge in [0.1, 0.15) is 18.8 Å². The molecule has 0 amide bonds. The minimum atomic E-state index is 1.14. The van der Waals surface area contributed by atoms with Gasteiger partial charge in [-0.05, 0) is 36.4 Å². The smallest absolute Gasteiger partial charge is 0.340 e. The highest BCUT2D eigenvalue weighted by molar-refractivity contribution is 6.10. The Kier molecular flexibility index (Phi) is 3.78. The molecule has 0 atom stereocenters. The molecule has 3 aromatic carbocycles. The molecule has 6 rings (SSSR count). The van der Waals surface area contributed by atoms with Crippen molar-refractivity contribution in [3.8, 4) is 11.5 Å². The summed E-state index contributed by atoms with van der Waals surface area (Å²) in [5.74, 6) is 2.31. The Morgan fingerprint density at radius 3 is 2.26 bits per heavy atom. The molecule has 6 aromatic rings. The molecule has 0 N–H and O–H groups in total. The van der Waals surface area contributed by atoms with Crippen LogP contribution in [0.1, 0.15) is 5.82 Å². The zero-order valence-electron chi connectivity index (χ0n) is 17.9. The lowest BCUT2D eigenvalue weighted by Gasteiger charge is -2.04. The van der Waals surface area contributed by atoms with Gasteiger partial charge in [0.05, 0.1) is 6.92 Å². The largest absolute Gasteiger partial charge is 0.345 e. The molecule has 0 saturated carbocycles. The van der Waals surface area contributed by atoms with Crippen molar-refractivity contribution >= 4 is 32.8 Å². The zero-order chi connectivity index (χ0) is 21.1. The van der Waals surface area contributed by atoms with E-state index < -0.39 is 0 Å². The molecule has 0 bridgehead atoms. The first-order valence-electron chi connectivity index (χ1n) is 10.6. The molecule has 0 fully saturated rings. The third-order valence-corrected chi connectivity index (χ3v) is 6.41. The number of para-hydroxylation sites is 4. The lowest BCUT2D eigenvalue weighted by Crippen LogP contribution is -2.47. The molecular formula is C27H24N4+2. The summed E-state index contributed by atoms with van der Waals surface area (Å²) in [4.78, 5) is 0. The molecule has 0 aliphatic rings. The first-order valence-corrected chi connectivity index (χ1v) is 10.6. The van der Waals surface area contributed by atoms with Gasteiger partial charge < -0.3 is 4.57 Å². The Hall–Kier alpha value is -3.92. The third-order valence-electron chi connectivity index (χ3n) is 6.41.